The number of carbonyl (C=O) groups excluding carboxylic acids is 1. The minimum absolute atomic E-state index is 0.198. The van der Waals surface area contributed by atoms with Gasteiger partial charge in [-0.2, -0.15) is 0 Å². The van der Waals surface area contributed by atoms with E-state index in [1.165, 1.54) is 0 Å². The maximum Gasteiger partial charge on any atom is 0.209 e. The largest absolute Gasteiger partial charge is 0.467 e. The number of fused-ring (bicyclic) bond motifs is 3. The number of allylic oxidation sites excluding steroid dienone is 2. The van der Waals surface area contributed by atoms with Gasteiger partial charge in [-0.15, -0.1) is 0 Å². The lowest BCUT2D eigenvalue weighted by atomic mass is 9.87. The predicted molar refractivity (Wildman–Crippen MR) is 86.1 cm³/mol. The highest BCUT2D eigenvalue weighted by molar-refractivity contribution is 6.00. The molecule has 1 N–H and O–H groups in total. The van der Waals surface area contributed by atoms with Gasteiger partial charge in [0.2, 0.25) is 5.95 Å². The maximum absolute atomic E-state index is 12.6. The van der Waals surface area contributed by atoms with E-state index >= 15 is 0 Å². The Labute approximate surface area is 132 Å². The van der Waals surface area contributed by atoms with Crippen molar-refractivity contribution in [3.63, 3.8) is 0 Å². The first kappa shape index (κ1) is 12.7. The fraction of sp³-hybridized carbons (Fsp3) is 0.222. The molecule has 3 heterocycles. The van der Waals surface area contributed by atoms with Gasteiger partial charge in [-0.1, -0.05) is 12.1 Å². The summed E-state index contributed by atoms with van der Waals surface area (Å²) in [5, 5.41) is 3.38. The van der Waals surface area contributed by atoms with E-state index in [-0.39, 0.29) is 11.8 Å². The summed E-state index contributed by atoms with van der Waals surface area (Å²) in [6, 6.07) is 11.5. The lowest BCUT2D eigenvalue weighted by molar-refractivity contribution is -0.116. The van der Waals surface area contributed by atoms with Crippen LogP contribution in [0.3, 0.4) is 0 Å². The minimum Gasteiger partial charge on any atom is -0.467 e. The number of ketones is 1. The Bertz CT molecular complexity index is 950. The molecule has 0 saturated heterocycles. The number of hydrogen-bond donors (Lipinski definition) is 1. The molecular weight excluding hydrogens is 290 g/mol. The number of aromatic nitrogens is 2. The molecule has 2 aliphatic rings. The number of nitrogens with one attached hydrogen (secondary N) is 1. The molecule has 114 valence electrons. The van der Waals surface area contributed by atoms with Gasteiger partial charge in [0.15, 0.2) is 5.78 Å². The lowest BCUT2D eigenvalue weighted by Gasteiger charge is -2.32. The van der Waals surface area contributed by atoms with Gasteiger partial charge in [0, 0.05) is 17.7 Å². The van der Waals surface area contributed by atoms with Gasteiger partial charge >= 0.3 is 0 Å². The van der Waals surface area contributed by atoms with Crippen LogP contribution in [0.1, 0.15) is 31.1 Å². The third-order valence-corrected chi connectivity index (χ3v) is 4.66. The van der Waals surface area contributed by atoms with Crippen molar-refractivity contribution in [2.24, 2.45) is 0 Å². The number of furan rings is 1. The summed E-state index contributed by atoms with van der Waals surface area (Å²) in [6.07, 6.45) is 4.01. The zero-order valence-corrected chi connectivity index (χ0v) is 12.5. The molecule has 0 fully saturated rings. The lowest BCUT2D eigenvalue weighted by Crippen LogP contribution is -2.30. The summed E-state index contributed by atoms with van der Waals surface area (Å²) in [7, 11) is 0. The van der Waals surface area contributed by atoms with E-state index in [1.54, 1.807) is 6.26 Å². The molecule has 1 atom stereocenters. The first-order valence-electron chi connectivity index (χ1n) is 7.86. The topological polar surface area (TPSA) is 60.1 Å². The molecule has 23 heavy (non-hydrogen) atoms. The van der Waals surface area contributed by atoms with Gasteiger partial charge in [0.05, 0.1) is 17.3 Å². The fourth-order valence-corrected chi connectivity index (χ4v) is 3.69. The van der Waals surface area contributed by atoms with Crippen LogP contribution in [0.5, 0.6) is 0 Å². The summed E-state index contributed by atoms with van der Waals surface area (Å²) in [6.45, 7) is 0. The number of hydrogen-bond acceptors (Lipinski definition) is 4. The smallest absolute Gasteiger partial charge is 0.209 e. The number of imidazole rings is 1. The Morgan fingerprint density at radius 3 is 2.96 bits per heavy atom. The quantitative estimate of drug-likeness (QED) is 0.745. The Balaban J connectivity index is 1.83. The fourth-order valence-electron chi connectivity index (χ4n) is 3.69. The summed E-state index contributed by atoms with van der Waals surface area (Å²) < 4.78 is 7.76. The predicted octanol–water partition coefficient (Wildman–Crippen LogP) is 3.65. The van der Waals surface area contributed by atoms with Crippen LogP contribution in [-0.4, -0.2) is 15.3 Å². The Hall–Kier alpha value is -2.82. The molecule has 1 aliphatic heterocycles. The average Bonchev–Trinajstić information content (AvgIpc) is 3.20. The molecule has 0 amide bonds. The number of carbonyl (C=O) groups is 1. The van der Waals surface area contributed by atoms with Gasteiger partial charge in [0.1, 0.15) is 11.8 Å². The van der Waals surface area contributed by atoms with E-state index in [2.05, 4.69) is 9.88 Å². The molecule has 1 aromatic carbocycles. The molecule has 5 rings (SSSR count). The zero-order valence-electron chi connectivity index (χ0n) is 12.5. The Morgan fingerprint density at radius 2 is 2.09 bits per heavy atom. The van der Waals surface area contributed by atoms with E-state index in [0.29, 0.717) is 6.42 Å². The second-order valence-electron chi connectivity index (χ2n) is 6.01. The van der Waals surface area contributed by atoms with Crippen LogP contribution in [0.4, 0.5) is 5.95 Å². The monoisotopic (exact) mass is 305 g/mol. The molecule has 5 nitrogen and oxygen atoms in total. The van der Waals surface area contributed by atoms with Crippen molar-refractivity contribution >= 4 is 22.8 Å². The normalized spacial score (nSPS) is 20.3. The van der Waals surface area contributed by atoms with Crippen LogP contribution in [0, 0.1) is 0 Å². The standard InChI is InChI=1S/C18H15N3O2/c22-14-8-3-6-12-16(14)17(15-9-4-10-23-15)21-13-7-2-1-5-11(13)19-18(21)20-12/h1-2,4-5,7,9-10,17H,3,6,8H2,(H,19,20). The highest BCUT2D eigenvalue weighted by Gasteiger charge is 2.37. The molecular formula is C18H15N3O2. The molecule has 0 spiro atoms. The van der Waals surface area contributed by atoms with Crippen LogP contribution in [-0.2, 0) is 4.79 Å². The molecule has 2 aromatic heterocycles. The van der Waals surface area contributed by atoms with Gasteiger partial charge in [0.25, 0.3) is 0 Å². The van der Waals surface area contributed by atoms with Crippen molar-refractivity contribution in [2.45, 2.75) is 25.3 Å². The summed E-state index contributed by atoms with van der Waals surface area (Å²) >= 11 is 0. The Kier molecular flexibility index (Phi) is 2.53. The van der Waals surface area contributed by atoms with Crippen LogP contribution in [0.2, 0.25) is 0 Å². The molecule has 0 saturated carbocycles. The van der Waals surface area contributed by atoms with Crippen molar-refractivity contribution in [1.29, 1.82) is 0 Å². The van der Waals surface area contributed by atoms with Crippen molar-refractivity contribution in [3.8, 4) is 0 Å². The first-order chi connectivity index (χ1) is 11.3. The summed E-state index contributed by atoms with van der Waals surface area (Å²) in [5.74, 6) is 1.75. The van der Waals surface area contributed by atoms with Gasteiger partial charge in [-0.25, -0.2) is 4.98 Å². The molecule has 5 heteroatoms. The van der Waals surface area contributed by atoms with Crippen LogP contribution < -0.4 is 5.32 Å². The zero-order chi connectivity index (χ0) is 15.4. The van der Waals surface area contributed by atoms with E-state index in [9.17, 15) is 4.79 Å². The van der Waals surface area contributed by atoms with E-state index in [0.717, 1.165) is 46.9 Å². The van der Waals surface area contributed by atoms with Gasteiger partial charge < -0.3 is 9.73 Å². The number of benzene rings is 1. The van der Waals surface area contributed by atoms with Crippen molar-refractivity contribution < 1.29 is 9.21 Å². The molecule has 1 unspecified atom stereocenters. The average molecular weight is 305 g/mol. The maximum atomic E-state index is 12.6. The second kappa shape index (κ2) is 4.59. The van der Waals surface area contributed by atoms with Crippen LogP contribution in [0.15, 0.2) is 58.3 Å². The highest BCUT2D eigenvalue weighted by Crippen LogP contribution is 2.42. The third kappa shape index (κ3) is 1.73. The van der Waals surface area contributed by atoms with E-state index in [1.807, 2.05) is 36.4 Å². The number of rotatable bonds is 1. The first-order valence-corrected chi connectivity index (χ1v) is 7.86. The van der Waals surface area contributed by atoms with Crippen molar-refractivity contribution in [2.75, 3.05) is 5.32 Å². The van der Waals surface area contributed by atoms with Crippen molar-refractivity contribution in [1.82, 2.24) is 9.55 Å². The third-order valence-electron chi connectivity index (χ3n) is 4.66. The summed E-state index contributed by atoms with van der Waals surface area (Å²) in [5.41, 5.74) is 3.73. The second-order valence-corrected chi connectivity index (χ2v) is 6.01. The molecule has 1 aliphatic carbocycles. The van der Waals surface area contributed by atoms with Crippen LogP contribution >= 0.6 is 0 Å². The molecule has 0 radical (unpaired) electrons. The van der Waals surface area contributed by atoms with Gasteiger partial charge in [-0.05, 0) is 37.1 Å². The van der Waals surface area contributed by atoms with Crippen molar-refractivity contribution in [3.05, 3.63) is 59.7 Å². The van der Waals surface area contributed by atoms with E-state index in [4.69, 9.17) is 9.40 Å². The number of nitrogens with zero attached hydrogens (tertiary/aromatic N) is 2. The van der Waals surface area contributed by atoms with Gasteiger partial charge in [-0.3, -0.25) is 9.36 Å². The molecule has 0 bridgehead atoms. The SMILES string of the molecule is O=C1CCCC2=C1C(c1ccco1)n1c(nc3ccccc31)N2. The van der Waals surface area contributed by atoms with E-state index < -0.39 is 0 Å². The highest BCUT2D eigenvalue weighted by atomic mass is 16.3. The Morgan fingerprint density at radius 1 is 1.17 bits per heavy atom. The molecule has 3 aromatic rings. The summed E-state index contributed by atoms with van der Waals surface area (Å²) in [4.78, 5) is 17.3. The van der Waals surface area contributed by atoms with Crippen LogP contribution in [0.25, 0.3) is 11.0 Å². The number of para-hydroxylation sites is 2. The number of Topliss-reactive ketones (excluding diaryl/α,β-unsaturated/α-hetero) is 1. The number of anilines is 1. The minimum atomic E-state index is -0.239.